The third kappa shape index (κ3) is 3.28. The lowest BCUT2D eigenvalue weighted by molar-refractivity contribution is 0.242. The number of nitrogens with zero attached hydrogens (tertiary/aromatic N) is 3. The van der Waals surface area contributed by atoms with Gasteiger partial charge in [0.15, 0.2) is 0 Å². The molecule has 0 radical (unpaired) electrons. The fraction of sp³-hybridized carbons (Fsp3) is 0.412. The minimum absolute atomic E-state index is 0.299. The lowest BCUT2D eigenvalue weighted by Gasteiger charge is -2.28. The van der Waals surface area contributed by atoms with Crippen LogP contribution in [0.2, 0.25) is 5.02 Å². The molecule has 0 N–H and O–H groups in total. The Morgan fingerprint density at radius 2 is 2.18 bits per heavy atom. The van der Waals surface area contributed by atoms with E-state index < -0.39 is 0 Å². The second kappa shape index (κ2) is 6.31. The van der Waals surface area contributed by atoms with Crippen molar-refractivity contribution in [3.63, 3.8) is 0 Å². The minimum atomic E-state index is -0.299. The number of benzene rings is 1. The van der Waals surface area contributed by atoms with E-state index in [0.29, 0.717) is 17.5 Å². The summed E-state index contributed by atoms with van der Waals surface area (Å²) in [6.07, 6.45) is 2.85. The van der Waals surface area contributed by atoms with Gasteiger partial charge in [0, 0.05) is 54.4 Å². The quantitative estimate of drug-likeness (QED) is 0.857. The summed E-state index contributed by atoms with van der Waals surface area (Å²) in [6.45, 7) is 6.65. The van der Waals surface area contributed by atoms with Gasteiger partial charge in [-0.1, -0.05) is 31.5 Å². The molecule has 0 unspecified atom stereocenters. The molecule has 5 heteroatoms. The van der Waals surface area contributed by atoms with E-state index in [9.17, 15) is 4.39 Å². The van der Waals surface area contributed by atoms with Gasteiger partial charge in [-0.25, -0.2) is 14.4 Å². The molecule has 116 valence electrons. The monoisotopic (exact) mass is 319 g/mol. The highest BCUT2D eigenvalue weighted by Crippen LogP contribution is 2.23. The van der Waals surface area contributed by atoms with E-state index in [-0.39, 0.29) is 5.82 Å². The first-order valence-electron chi connectivity index (χ1n) is 7.54. The van der Waals surface area contributed by atoms with Crippen LogP contribution in [0.3, 0.4) is 0 Å². The molecule has 2 aromatic rings. The highest BCUT2D eigenvalue weighted by Gasteiger charge is 2.19. The molecule has 0 atom stereocenters. The van der Waals surface area contributed by atoms with E-state index in [1.807, 2.05) is 6.20 Å². The molecular weight excluding hydrogens is 301 g/mol. The summed E-state index contributed by atoms with van der Waals surface area (Å²) in [5, 5.41) is 0.484. The normalized spacial score (nSPS) is 15.1. The lowest BCUT2D eigenvalue weighted by Crippen LogP contribution is -2.31. The second-order valence-electron chi connectivity index (χ2n) is 6.05. The molecule has 0 fully saturated rings. The number of hydrogen-bond acceptors (Lipinski definition) is 3. The fourth-order valence-electron chi connectivity index (χ4n) is 2.69. The van der Waals surface area contributed by atoms with E-state index >= 15 is 0 Å². The van der Waals surface area contributed by atoms with Crippen molar-refractivity contribution >= 4 is 11.6 Å². The standard InChI is InChI=1S/C17H19ClFN3/c1-11(2)17-20-8-13-10-22(6-5-16(13)21-17)9-12-3-4-14(19)7-15(12)18/h3-4,7-8,11H,5-6,9-10H2,1-2H3. The number of halogens is 2. The molecule has 3 nitrogen and oxygen atoms in total. The molecule has 3 rings (SSSR count). The van der Waals surface area contributed by atoms with Crippen LogP contribution < -0.4 is 0 Å². The first kappa shape index (κ1) is 15.4. The maximum Gasteiger partial charge on any atom is 0.131 e. The maximum atomic E-state index is 13.1. The van der Waals surface area contributed by atoms with Crippen LogP contribution in [0.15, 0.2) is 24.4 Å². The van der Waals surface area contributed by atoms with Gasteiger partial charge in [0.25, 0.3) is 0 Å². The van der Waals surface area contributed by atoms with Crippen LogP contribution in [-0.4, -0.2) is 21.4 Å². The van der Waals surface area contributed by atoms with Gasteiger partial charge in [0.1, 0.15) is 11.6 Å². The highest BCUT2D eigenvalue weighted by molar-refractivity contribution is 6.31. The van der Waals surface area contributed by atoms with Crippen molar-refractivity contribution < 1.29 is 4.39 Å². The van der Waals surface area contributed by atoms with Crippen molar-refractivity contribution in [1.82, 2.24) is 14.9 Å². The summed E-state index contributed by atoms with van der Waals surface area (Å²) >= 11 is 6.11. The number of fused-ring (bicyclic) bond motifs is 1. The summed E-state index contributed by atoms with van der Waals surface area (Å²) < 4.78 is 13.1. The summed E-state index contributed by atoms with van der Waals surface area (Å²) in [4.78, 5) is 11.4. The Hall–Kier alpha value is -1.52. The van der Waals surface area contributed by atoms with Crippen LogP contribution in [0.25, 0.3) is 0 Å². The Labute approximate surface area is 135 Å². The zero-order valence-electron chi connectivity index (χ0n) is 12.8. The molecule has 0 amide bonds. The minimum Gasteiger partial charge on any atom is -0.294 e. The van der Waals surface area contributed by atoms with Crippen molar-refractivity contribution in [2.24, 2.45) is 0 Å². The fourth-order valence-corrected chi connectivity index (χ4v) is 2.92. The van der Waals surface area contributed by atoms with Crippen LogP contribution in [0.4, 0.5) is 4.39 Å². The molecule has 1 aromatic carbocycles. The lowest BCUT2D eigenvalue weighted by atomic mass is 10.1. The molecule has 0 saturated carbocycles. The summed E-state index contributed by atoms with van der Waals surface area (Å²) in [5.74, 6) is 0.961. The number of hydrogen-bond donors (Lipinski definition) is 0. The second-order valence-corrected chi connectivity index (χ2v) is 6.46. The maximum absolute atomic E-state index is 13.1. The van der Waals surface area contributed by atoms with Crippen molar-refractivity contribution in [3.8, 4) is 0 Å². The van der Waals surface area contributed by atoms with Gasteiger partial charge in [-0.05, 0) is 17.7 Å². The molecule has 0 spiro atoms. The molecule has 22 heavy (non-hydrogen) atoms. The van der Waals surface area contributed by atoms with E-state index in [1.165, 1.54) is 17.7 Å². The van der Waals surface area contributed by atoms with E-state index in [0.717, 1.165) is 36.6 Å². The van der Waals surface area contributed by atoms with Gasteiger partial charge in [0.05, 0.1) is 0 Å². The average Bonchev–Trinajstić information content (AvgIpc) is 2.49. The van der Waals surface area contributed by atoms with E-state index in [4.69, 9.17) is 11.6 Å². The molecule has 0 saturated heterocycles. The van der Waals surface area contributed by atoms with Gasteiger partial charge >= 0.3 is 0 Å². The van der Waals surface area contributed by atoms with E-state index in [1.54, 1.807) is 6.07 Å². The van der Waals surface area contributed by atoms with Gasteiger partial charge in [-0.2, -0.15) is 0 Å². The van der Waals surface area contributed by atoms with Gasteiger partial charge in [0.2, 0.25) is 0 Å². The SMILES string of the molecule is CC(C)c1ncc2c(n1)CCN(Cc1ccc(F)cc1Cl)C2. The third-order valence-corrected chi connectivity index (χ3v) is 4.31. The van der Waals surface area contributed by atoms with Crippen molar-refractivity contribution in [1.29, 1.82) is 0 Å². The Bertz CT molecular complexity index is 688. The predicted octanol–water partition coefficient (Wildman–Crippen LogP) is 3.95. The molecule has 0 bridgehead atoms. The number of aromatic nitrogens is 2. The van der Waals surface area contributed by atoms with Gasteiger partial charge < -0.3 is 0 Å². The van der Waals surface area contributed by atoms with Gasteiger partial charge in [-0.15, -0.1) is 0 Å². The largest absolute Gasteiger partial charge is 0.294 e. The zero-order chi connectivity index (χ0) is 15.7. The highest BCUT2D eigenvalue weighted by atomic mass is 35.5. The Balaban J connectivity index is 1.74. The van der Waals surface area contributed by atoms with Gasteiger partial charge in [-0.3, -0.25) is 4.90 Å². The number of rotatable bonds is 3. The van der Waals surface area contributed by atoms with Crippen LogP contribution in [0.5, 0.6) is 0 Å². The molecule has 1 aliphatic heterocycles. The molecule has 1 aromatic heterocycles. The predicted molar refractivity (Wildman–Crippen MR) is 85.3 cm³/mol. The zero-order valence-corrected chi connectivity index (χ0v) is 13.6. The summed E-state index contributed by atoms with van der Waals surface area (Å²) in [5.41, 5.74) is 3.28. The van der Waals surface area contributed by atoms with Crippen molar-refractivity contribution in [2.45, 2.75) is 39.3 Å². The van der Waals surface area contributed by atoms with Crippen LogP contribution >= 0.6 is 11.6 Å². The molecule has 1 aliphatic rings. The topological polar surface area (TPSA) is 29.0 Å². The summed E-state index contributed by atoms with van der Waals surface area (Å²) in [6, 6.07) is 4.58. The Morgan fingerprint density at radius 3 is 2.91 bits per heavy atom. The molecule has 0 aliphatic carbocycles. The van der Waals surface area contributed by atoms with Crippen molar-refractivity contribution in [2.75, 3.05) is 6.54 Å². The first-order chi connectivity index (χ1) is 10.5. The Kier molecular flexibility index (Phi) is 4.41. The van der Waals surface area contributed by atoms with Crippen LogP contribution in [0, 0.1) is 5.82 Å². The Morgan fingerprint density at radius 1 is 1.36 bits per heavy atom. The van der Waals surface area contributed by atoms with Crippen LogP contribution in [0.1, 0.15) is 42.4 Å². The van der Waals surface area contributed by atoms with E-state index in [2.05, 4.69) is 28.7 Å². The third-order valence-electron chi connectivity index (χ3n) is 3.96. The first-order valence-corrected chi connectivity index (χ1v) is 7.91. The molecular formula is C17H19ClFN3. The van der Waals surface area contributed by atoms with Crippen LogP contribution in [-0.2, 0) is 19.5 Å². The molecule has 2 heterocycles. The smallest absolute Gasteiger partial charge is 0.131 e. The van der Waals surface area contributed by atoms with Crippen molar-refractivity contribution in [3.05, 3.63) is 57.9 Å². The summed E-state index contributed by atoms with van der Waals surface area (Å²) in [7, 11) is 0. The average molecular weight is 320 g/mol.